The number of hydrogen-bond donors (Lipinski definition) is 2. The molecule has 0 spiro atoms. The van der Waals surface area contributed by atoms with Crippen molar-refractivity contribution < 1.29 is 0 Å². The number of piperazine rings is 1. The zero-order chi connectivity index (χ0) is 22.1. The first-order valence-corrected chi connectivity index (χ1v) is 11.0. The molecule has 0 atom stereocenters. The number of aliphatic imine (C=N–C) groups is 1. The number of allylic oxidation sites excluding steroid dienone is 2. The summed E-state index contributed by atoms with van der Waals surface area (Å²) in [6.45, 7) is 12.6. The summed E-state index contributed by atoms with van der Waals surface area (Å²) >= 11 is 0. The lowest BCUT2D eigenvalue weighted by atomic mass is 10.2. The van der Waals surface area contributed by atoms with Crippen molar-refractivity contribution >= 4 is 34.8 Å². The third-order valence-electron chi connectivity index (χ3n) is 4.90. The van der Waals surface area contributed by atoms with Gasteiger partial charge in [-0.25, -0.2) is 15.0 Å². The third kappa shape index (κ3) is 5.27. The number of imidazole rings is 1. The van der Waals surface area contributed by atoms with Gasteiger partial charge in [-0.1, -0.05) is 19.9 Å². The van der Waals surface area contributed by atoms with Gasteiger partial charge in [0.05, 0.1) is 11.9 Å². The minimum atomic E-state index is 0.707. The fraction of sp³-hybridized carbons (Fsp3) is 0.391. The number of anilines is 3. The molecule has 3 aromatic heterocycles. The summed E-state index contributed by atoms with van der Waals surface area (Å²) in [4.78, 5) is 20.3. The molecule has 4 heterocycles. The second-order valence-electron chi connectivity index (χ2n) is 6.75. The highest BCUT2D eigenvalue weighted by Crippen LogP contribution is 2.24. The first-order chi connectivity index (χ1) is 15.3. The summed E-state index contributed by atoms with van der Waals surface area (Å²) < 4.78 is 2.03. The second-order valence-corrected chi connectivity index (χ2v) is 6.75. The van der Waals surface area contributed by atoms with E-state index in [9.17, 15) is 0 Å². The molecule has 0 amide bonds. The number of rotatable bonds is 6. The van der Waals surface area contributed by atoms with Crippen molar-refractivity contribution in [2.45, 2.75) is 27.7 Å². The first-order valence-electron chi connectivity index (χ1n) is 11.0. The van der Waals surface area contributed by atoms with Crippen LogP contribution in [0.5, 0.6) is 0 Å². The lowest BCUT2D eigenvalue weighted by Gasteiger charge is -2.28. The van der Waals surface area contributed by atoms with Crippen LogP contribution in [-0.2, 0) is 0 Å². The molecule has 1 fully saturated rings. The summed E-state index contributed by atoms with van der Waals surface area (Å²) in [6.07, 6.45) is 11.3. The summed E-state index contributed by atoms with van der Waals surface area (Å²) in [6, 6.07) is 4.01. The number of nitrogens with one attached hydrogen (secondary N) is 2. The van der Waals surface area contributed by atoms with Crippen molar-refractivity contribution in [2.24, 2.45) is 4.99 Å². The molecule has 0 unspecified atom stereocenters. The van der Waals surface area contributed by atoms with Gasteiger partial charge in [0, 0.05) is 74.9 Å². The van der Waals surface area contributed by atoms with Gasteiger partial charge < -0.3 is 15.5 Å². The molecular weight excluding hydrogens is 388 g/mol. The van der Waals surface area contributed by atoms with E-state index in [1.165, 1.54) is 0 Å². The maximum atomic E-state index is 4.61. The molecule has 0 aromatic carbocycles. The van der Waals surface area contributed by atoms with Crippen LogP contribution in [0.3, 0.4) is 0 Å². The van der Waals surface area contributed by atoms with E-state index in [4.69, 9.17) is 0 Å². The minimum absolute atomic E-state index is 0.707. The Morgan fingerprint density at radius 2 is 2.00 bits per heavy atom. The van der Waals surface area contributed by atoms with Crippen LogP contribution in [-0.4, -0.2) is 58.3 Å². The molecule has 1 saturated heterocycles. The normalized spacial score (nSPS) is 14.6. The van der Waals surface area contributed by atoms with E-state index in [0.29, 0.717) is 5.82 Å². The Balaban J connectivity index is 0.00000132. The van der Waals surface area contributed by atoms with E-state index < -0.39 is 0 Å². The molecule has 8 nitrogen and oxygen atoms in total. The Bertz CT molecular complexity index is 1030. The fourth-order valence-corrected chi connectivity index (χ4v) is 3.40. The topological polar surface area (TPSA) is 82.7 Å². The Morgan fingerprint density at radius 3 is 2.74 bits per heavy atom. The number of pyridine rings is 1. The average Bonchev–Trinajstić information content (AvgIpc) is 3.27. The Hall–Kier alpha value is -3.26. The van der Waals surface area contributed by atoms with Gasteiger partial charge in [-0.05, 0) is 19.9 Å². The maximum absolute atomic E-state index is 4.61. The SMILES string of the molecule is C/C=C(\C=NCC)c1cnc2c(Nc3ccnc(N4CCNCC4)c3)nccn12.CC. The van der Waals surface area contributed by atoms with Crippen LogP contribution >= 0.6 is 0 Å². The van der Waals surface area contributed by atoms with Crippen LogP contribution in [0.15, 0.2) is 48.0 Å². The van der Waals surface area contributed by atoms with Crippen molar-refractivity contribution in [1.29, 1.82) is 0 Å². The van der Waals surface area contributed by atoms with Crippen LogP contribution in [0.2, 0.25) is 0 Å². The van der Waals surface area contributed by atoms with Gasteiger partial charge in [-0.2, -0.15) is 0 Å². The Morgan fingerprint density at radius 1 is 1.19 bits per heavy atom. The van der Waals surface area contributed by atoms with Gasteiger partial charge in [0.2, 0.25) is 0 Å². The number of hydrogen-bond acceptors (Lipinski definition) is 7. The van der Waals surface area contributed by atoms with E-state index in [1.807, 2.05) is 69.0 Å². The number of aromatic nitrogens is 4. The van der Waals surface area contributed by atoms with Crippen LogP contribution in [0.1, 0.15) is 33.4 Å². The van der Waals surface area contributed by atoms with Crippen molar-refractivity contribution in [3.8, 4) is 0 Å². The van der Waals surface area contributed by atoms with Crippen LogP contribution in [0, 0.1) is 0 Å². The van der Waals surface area contributed by atoms with Gasteiger partial charge >= 0.3 is 0 Å². The lowest BCUT2D eigenvalue weighted by Crippen LogP contribution is -2.43. The van der Waals surface area contributed by atoms with Gasteiger partial charge in [0.25, 0.3) is 0 Å². The van der Waals surface area contributed by atoms with E-state index in [-0.39, 0.29) is 0 Å². The third-order valence-corrected chi connectivity index (χ3v) is 4.90. The second kappa shape index (κ2) is 11.2. The molecule has 164 valence electrons. The molecule has 4 rings (SSSR count). The molecule has 0 saturated carbocycles. The standard InChI is InChI=1S/C21H26N8.C2H6/c1-3-16(14-22-4-2)18-15-26-21-20(25-9-12-29(18)21)27-17-5-6-24-19(13-17)28-10-7-23-8-11-28;1-2/h3,5-6,9,12-15,23H,4,7-8,10-11H2,1-2H3,(H,24,25,27);1-2H3/b16-3+,22-14?;. The molecule has 2 N–H and O–H groups in total. The van der Waals surface area contributed by atoms with Gasteiger partial charge in [-0.3, -0.25) is 9.39 Å². The van der Waals surface area contributed by atoms with E-state index in [1.54, 1.807) is 6.20 Å². The van der Waals surface area contributed by atoms with Crippen LogP contribution in [0.4, 0.5) is 17.3 Å². The van der Waals surface area contributed by atoms with E-state index in [2.05, 4.69) is 41.5 Å². The molecule has 3 aromatic rings. The van der Waals surface area contributed by atoms with Gasteiger partial charge in [0.15, 0.2) is 11.5 Å². The molecule has 1 aliphatic rings. The Kier molecular flexibility index (Phi) is 8.12. The number of nitrogens with zero attached hydrogens (tertiary/aromatic N) is 6. The zero-order valence-electron chi connectivity index (χ0n) is 18.8. The van der Waals surface area contributed by atoms with Crippen LogP contribution in [0.25, 0.3) is 11.2 Å². The molecule has 1 aliphatic heterocycles. The summed E-state index contributed by atoms with van der Waals surface area (Å²) in [5.74, 6) is 1.68. The molecule has 0 aliphatic carbocycles. The lowest BCUT2D eigenvalue weighted by molar-refractivity contribution is 0.585. The van der Waals surface area contributed by atoms with Crippen molar-refractivity contribution in [1.82, 2.24) is 24.7 Å². The molecule has 0 bridgehead atoms. The highest BCUT2D eigenvalue weighted by Gasteiger charge is 2.14. The van der Waals surface area contributed by atoms with Crippen molar-refractivity contribution in [3.63, 3.8) is 0 Å². The molecule has 8 heteroatoms. The van der Waals surface area contributed by atoms with Crippen LogP contribution < -0.4 is 15.5 Å². The monoisotopic (exact) mass is 420 g/mol. The fourth-order valence-electron chi connectivity index (χ4n) is 3.40. The summed E-state index contributed by atoms with van der Waals surface area (Å²) in [5.41, 5.74) is 3.73. The summed E-state index contributed by atoms with van der Waals surface area (Å²) in [7, 11) is 0. The average molecular weight is 421 g/mol. The molecule has 0 radical (unpaired) electrons. The predicted molar refractivity (Wildman–Crippen MR) is 130 cm³/mol. The van der Waals surface area contributed by atoms with E-state index >= 15 is 0 Å². The Labute approximate surface area is 184 Å². The van der Waals surface area contributed by atoms with E-state index in [0.717, 1.165) is 61.1 Å². The largest absolute Gasteiger partial charge is 0.354 e. The highest BCUT2D eigenvalue weighted by atomic mass is 15.2. The van der Waals surface area contributed by atoms with Gasteiger partial charge in [0.1, 0.15) is 5.82 Å². The molecule has 31 heavy (non-hydrogen) atoms. The molecular formula is C23H32N8. The first kappa shape index (κ1) is 22.4. The maximum Gasteiger partial charge on any atom is 0.180 e. The predicted octanol–water partition coefficient (Wildman–Crippen LogP) is 3.80. The van der Waals surface area contributed by atoms with Gasteiger partial charge in [-0.15, -0.1) is 0 Å². The number of fused-ring (bicyclic) bond motifs is 1. The highest BCUT2D eigenvalue weighted by molar-refractivity contribution is 6.09. The van der Waals surface area contributed by atoms with Crippen molar-refractivity contribution in [3.05, 3.63) is 48.7 Å². The summed E-state index contributed by atoms with van der Waals surface area (Å²) in [5, 5.41) is 6.78. The smallest absolute Gasteiger partial charge is 0.180 e. The van der Waals surface area contributed by atoms with Crippen molar-refractivity contribution in [2.75, 3.05) is 42.9 Å². The quantitative estimate of drug-likeness (QED) is 0.590. The zero-order valence-corrected chi connectivity index (χ0v) is 18.8. The minimum Gasteiger partial charge on any atom is -0.354 e.